The van der Waals surface area contributed by atoms with Gasteiger partial charge in [0.05, 0.1) is 6.61 Å². The van der Waals surface area contributed by atoms with Crippen LogP contribution in [-0.2, 0) is 10.9 Å². The predicted octanol–water partition coefficient (Wildman–Crippen LogP) is 2.26. The molecule has 1 aromatic heterocycles. The van der Waals surface area contributed by atoms with E-state index in [1.54, 1.807) is 0 Å². The highest BCUT2D eigenvalue weighted by molar-refractivity contribution is 5.47. The molecule has 0 amide bonds. The van der Waals surface area contributed by atoms with E-state index in [0.717, 1.165) is 6.42 Å². The minimum Gasteiger partial charge on any atom is -0.380 e. The largest absolute Gasteiger partial charge is 0.451 e. The zero-order valence-electron chi connectivity index (χ0n) is 12.0. The molecule has 1 aromatic rings. The highest BCUT2D eigenvalue weighted by Crippen LogP contribution is 2.28. The zero-order valence-corrected chi connectivity index (χ0v) is 12.0. The molecule has 0 aliphatic rings. The van der Waals surface area contributed by atoms with E-state index in [1.807, 2.05) is 0 Å². The van der Waals surface area contributed by atoms with E-state index < -0.39 is 12.0 Å². The Morgan fingerprint density at radius 2 is 1.90 bits per heavy atom. The minimum atomic E-state index is -4.63. The lowest BCUT2D eigenvalue weighted by atomic mass is 10.1. The fraction of sp³-hybridized carbons (Fsp3) is 0.667. The van der Waals surface area contributed by atoms with Gasteiger partial charge < -0.3 is 15.5 Å². The van der Waals surface area contributed by atoms with E-state index in [4.69, 9.17) is 10.6 Å². The van der Waals surface area contributed by atoms with Crippen LogP contribution in [0.25, 0.3) is 0 Å². The van der Waals surface area contributed by atoms with Crippen LogP contribution in [0.5, 0.6) is 0 Å². The molecule has 1 rings (SSSR count). The molecule has 0 saturated heterocycles. The van der Waals surface area contributed by atoms with Crippen molar-refractivity contribution in [3.05, 3.63) is 11.9 Å². The molecule has 0 aliphatic carbocycles. The summed E-state index contributed by atoms with van der Waals surface area (Å²) in [4.78, 5) is 6.66. The molecule has 1 heterocycles. The summed E-state index contributed by atoms with van der Waals surface area (Å²) >= 11 is 0. The highest BCUT2D eigenvalue weighted by atomic mass is 19.4. The molecule has 6 nitrogen and oxygen atoms in total. The van der Waals surface area contributed by atoms with Crippen LogP contribution in [0.2, 0.25) is 0 Å². The van der Waals surface area contributed by atoms with Crippen molar-refractivity contribution in [1.29, 1.82) is 0 Å². The van der Waals surface area contributed by atoms with E-state index in [0.29, 0.717) is 25.7 Å². The van der Waals surface area contributed by atoms with Crippen LogP contribution >= 0.6 is 0 Å². The summed E-state index contributed by atoms with van der Waals surface area (Å²) in [5.41, 5.74) is 2.08. The van der Waals surface area contributed by atoms with Gasteiger partial charge in [-0.2, -0.15) is 13.2 Å². The molecule has 21 heavy (non-hydrogen) atoms. The number of ether oxygens (including phenoxy) is 1. The zero-order chi connectivity index (χ0) is 15.9. The summed E-state index contributed by atoms with van der Waals surface area (Å²) < 4.78 is 43.2. The lowest BCUT2D eigenvalue weighted by Crippen LogP contribution is -2.18. The van der Waals surface area contributed by atoms with Gasteiger partial charge in [-0.25, -0.2) is 15.8 Å². The standard InChI is InChI=1S/C12H20F3N5O/c1-8(2)3-5-21-6-4-17-9-7-10(20-16)19-11(18-9)12(13,14)15/h7-8H,3-6,16H2,1-2H3,(H2,17,18,19,20). The Morgan fingerprint density at radius 1 is 1.24 bits per heavy atom. The van der Waals surface area contributed by atoms with E-state index in [2.05, 4.69) is 34.6 Å². The van der Waals surface area contributed by atoms with Crippen molar-refractivity contribution >= 4 is 11.6 Å². The van der Waals surface area contributed by atoms with E-state index in [-0.39, 0.29) is 11.6 Å². The molecule has 0 aromatic carbocycles. The maximum absolute atomic E-state index is 12.6. The Morgan fingerprint density at radius 3 is 2.48 bits per heavy atom. The Hall–Kier alpha value is -1.61. The van der Waals surface area contributed by atoms with Gasteiger partial charge in [-0.1, -0.05) is 13.8 Å². The molecule has 0 radical (unpaired) electrons. The van der Waals surface area contributed by atoms with Crippen LogP contribution in [0.1, 0.15) is 26.1 Å². The van der Waals surface area contributed by atoms with Crippen molar-refractivity contribution in [2.24, 2.45) is 11.8 Å². The molecule has 0 unspecified atom stereocenters. The third-order valence-electron chi connectivity index (χ3n) is 2.52. The van der Waals surface area contributed by atoms with Gasteiger partial charge in [0.1, 0.15) is 11.6 Å². The van der Waals surface area contributed by atoms with Crippen LogP contribution in [0.4, 0.5) is 24.8 Å². The molecule has 120 valence electrons. The van der Waals surface area contributed by atoms with Crippen molar-refractivity contribution in [3.8, 4) is 0 Å². The second-order valence-corrected chi connectivity index (χ2v) is 4.83. The Balaban J connectivity index is 2.51. The smallest absolute Gasteiger partial charge is 0.380 e. The molecule has 0 spiro atoms. The number of anilines is 2. The SMILES string of the molecule is CC(C)CCOCCNc1cc(NN)nc(C(F)(F)F)n1. The van der Waals surface area contributed by atoms with Gasteiger partial charge in [-0.3, -0.25) is 0 Å². The molecule has 0 saturated carbocycles. The van der Waals surface area contributed by atoms with Crippen molar-refractivity contribution in [3.63, 3.8) is 0 Å². The first-order chi connectivity index (χ1) is 9.82. The van der Waals surface area contributed by atoms with Crippen LogP contribution in [0, 0.1) is 5.92 Å². The molecule has 4 N–H and O–H groups in total. The number of nitrogen functional groups attached to an aromatic ring is 1. The van der Waals surface area contributed by atoms with Gasteiger partial charge in [0, 0.05) is 19.2 Å². The second kappa shape index (κ2) is 7.99. The fourth-order valence-electron chi connectivity index (χ4n) is 1.41. The summed E-state index contributed by atoms with van der Waals surface area (Å²) in [6.45, 7) is 5.51. The summed E-state index contributed by atoms with van der Waals surface area (Å²) in [5.74, 6) is 4.32. The topological polar surface area (TPSA) is 85.1 Å². The fourth-order valence-corrected chi connectivity index (χ4v) is 1.41. The molecular weight excluding hydrogens is 287 g/mol. The quantitative estimate of drug-likeness (QED) is 0.388. The first-order valence-electron chi connectivity index (χ1n) is 6.57. The summed E-state index contributed by atoms with van der Waals surface area (Å²) in [6, 6.07) is 1.29. The summed E-state index contributed by atoms with van der Waals surface area (Å²) in [5, 5.41) is 2.75. The molecule has 0 bridgehead atoms. The number of hydrogen-bond acceptors (Lipinski definition) is 6. The highest BCUT2D eigenvalue weighted by Gasteiger charge is 2.35. The number of nitrogens with zero attached hydrogens (tertiary/aromatic N) is 2. The van der Waals surface area contributed by atoms with Gasteiger partial charge in [0.2, 0.25) is 5.82 Å². The Bertz CT molecular complexity index is 439. The van der Waals surface area contributed by atoms with Gasteiger partial charge in [-0.05, 0) is 12.3 Å². The average molecular weight is 307 g/mol. The van der Waals surface area contributed by atoms with Gasteiger partial charge in [0.15, 0.2) is 0 Å². The number of alkyl halides is 3. The first-order valence-corrected chi connectivity index (χ1v) is 6.57. The molecular formula is C12H20F3N5O. The number of rotatable bonds is 8. The van der Waals surface area contributed by atoms with E-state index >= 15 is 0 Å². The van der Waals surface area contributed by atoms with Gasteiger partial charge in [0.25, 0.3) is 0 Å². The number of hydrogen-bond donors (Lipinski definition) is 3. The third kappa shape index (κ3) is 6.58. The third-order valence-corrected chi connectivity index (χ3v) is 2.52. The normalized spacial score (nSPS) is 11.8. The van der Waals surface area contributed by atoms with E-state index in [1.165, 1.54) is 6.07 Å². The van der Waals surface area contributed by atoms with Crippen LogP contribution in [0.15, 0.2) is 6.07 Å². The molecule has 9 heteroatoms. The number of halogens is 3. The van der Waals surface area contributed by atoms with Crippen LogP contribution < -0.4 is 16.6 Å². The first kappa shape index (κ1) is 17.4. The van der Waals surface area contributed by atoms with Crippen LogP contribution in [-0.4, -0.2) is 29.7 Å². The average Bonchev–Trinajstić information content (AvgIpc) is 2.41. The van der Waals surface area contributed by atoms with Gasteiger partial charge in [-0.15, -0.1) is 0 Å². The lowest BCUT2D eigenvalue weighted by molar-refractivity contribution is -0.144. The minimum absolute atomic E-state index is 0.0396. The Labute approximate surface area is 121 Å². The Kier molecular flexibility index (Phi) is 6.63. The summed E-state index contributed by atoms with van der Waals surface area (Å²) in [6.07, 6.45) is -3.69. The maximum Gasteiger partial charge on any atom is 0.451 e. The maximum atomic E-state index is 12.6. The van der Waals surface area contributed by atoms with Gasteiger partial charge >= 0.3 is 6.18 Å². The van der Waals surface area contributed by atoms with Crippen molar-refractivity contribution in [1.82, 2.24) is 9.97 Å². The number of aromatic nitrogens is 2. The number of nitrogens with one attached hydrogen (secondary N) is 2. The predicted molar refractivity (Wildman–Crippen MR) is 73.6 cm³/mol. The molecule has 0 fully saturated rings. The van der Waals surface area contributed by atoms with Crippen molar-refractivity contribution in [2.75, 3.05) is 30.5 Å². The van der Waals surface area contributed by atoms with Crippen molar-refractivity contribution < 1.29 is 17.9 Å². The number of nitrogens with two attached hydrogens (primary N) is 1. The van der Waals surface area contributed by atoms with Crippen LogP contribution in [0.3, 0.4) is 0 Å². The van der Waals surface area contributed by atoms with E-state index in [9.17, 15) is 13.2 Å². The monoisotopic (exact) mass is 307 g/mol. The molecule has 0 atom stereocenters. The van der Waals surface area contributed by atoms with Crippen molar-refractivity contribution in [2.45, 2.75) is 26.4 Å². The number of hydrazine groups is 1. The lowest BCUT2D eigenvalue weighted by Gasteiger charge is -2.11. The summed E-state index contributed by atoms with van der Waals surface area (Å²) in [7, 11) is 0. The molecule has 0 aliphatic heterocycles. The second-order valence-electron chi connectivity index (χ2n) is 4.83.